The first-order valence-corrected chi connectivity index (χ1v) is 7.26. The first kappa shape index (κ1) is 13.5. The lowest BCUT2D eigenvalue weighted by atomic mass is 10.3. The highest BCUT2D eigenvalue weighted by molar-refractivity contribution is 5.75. The SMILES string of the molecule is CC(NN1CCN(C)CC1)c1nc2ccccc2n1C. The van der Waals surface area contributed by atoms with Crippen molar-refractivity contribution in [1.82, 2.24) is 24.9 Å². The van der Waals surface area contributed by atoms with Gasteiger partial charge in [-0.25, -0.2) is 15.4 Å². The van der Waals surface area contributed by atoms with E-state index in [0.717, 1.165) is 37.5 Å². The molecule has 1 N–H and O–H groups in total. The van der Waals surface area contributed by atoms with Gasteiger partial charge in [-0.05, 0) is 26.1 Å². The molecule has 2 aromatic rings. The van der Waals surface area contributed by atoms with E-state index in [1.807, 2.05) is 6.07 Å². The molecule has 0 aliphatic carbocycles. The Bertz CT molecular complexity index is 583. The number of likely N-dealkylation sites (N-methyl/N-ethyl adjacent to an activating group) is 1. The Morgan fingerprint density at radius 1 is 1.10 bits per heavy atom. The summed E-state index contributed by atoms with van der Waals surface area (Å²) in [6.07, 6.45) is 0. The van der Waals surface area contributed by atoms with Crippen molar-refractivity contribution in [3.63, 3.8) is 0 Å². The minimum Gasteiger partial charge on any atom is -0.330 e. The minimum atomic E-state index is 0.218. The Hall–Kier alpha value is -1.43. The zero-order valence-corrected chi connectivity index (χ0v) is 12.5. The minimum absolute atomic E-state index is 0.218. The van der Waals surface area contributed by atoms with Crippen molar-refractivity contribution in [1.29, 1.82) is 0 Å². The number of nitrogens with one attached hydrogen (secondary N) is 1. The average Bonchev–Trinajstić information content (AvgIpc) is 2.79. The Labute approximate surface area is 120 Å². The normalized spacial score (nSPS) is 19.6. The second kappa shape index (κ2) is 5.52. The highest BCUT2D eigenvalue weighted by Gasteiger charge is 2.19. The van der Waals surface area contributed by atoms with Crippen LogP contribution in [0.1, 0.15) is 18.8 Å². The molecule has 108 valence electrons. The van der Waals surface area contributed by atoms with E-state index < -0.39 is 0 Å². The molecule has 0 bridgehead atoms. The van der Waals surface area contributed by atoms with Crippen LogP contribution in [0.3, 0.4) is 0 Å². The van der Waals surface area contributed by atoms with E-state index in [4.69, 9.17) is 4.98 Å². The van der Waals surface area contributed by atoms with Crippen molar-refractivity contribution in [2.24, 2.45) is 7.05 Å². The quantitative estimate of drug-likeness (QED) is 0.917. The molecule has 0 amide bonds. The van der Waals surface area contributed by atoms with Gasteiger partial charge in [-0.2, -0.15) is 0 Å². The van der Waals surface area contributed by atoms with Crippen molar-refractivity contribution in [2.75, 3.05) is 33.2 Å². The molecule has 0 radical (unpaired) electrons. The predicted octanol–water partition coefficient (Wildman–Crippen LogP) is 1.39. The van der Waals surface area contributed by atoms with Gasteiger partial charge in [-0.1, -0.05) is 12.1 Å². The number of benzene rings is 1. The van der Waals surface area contributed by atoms with E-state index in [2.05, 4.69) is 59.1 Å². The maximum atomic E-state index is 4.76. The summed E-state index contributed by atoms with van der Waals surface area (Å²) in [6, 6.07) is 8.51. The molecule has 1 atom stereocenters. The molecule has 3 rings (SSSR count). The monoisotopic (exact) mass is 273 g/mol. The van der Waals surface area contributed by atoms with E-state index in [1.165, 1.54) is 5.52 Å². The summed E-state index contributed by atoms with van der Waals surface area (Å²) in [7, 11) is 4.26. The molecule has 0 spiro atoms. The highest BCUT2D eigenvalue weighted by atomic mass is 15.5. The third kappa shape index (κ3) is 2.57. The van der Waals surface area contributed by atoms with E-state index >= 15 is 0 Å². The standard InChI is InChI=1S/C15H23N5/c1-12(17-20-10-8-18(2)9-11-20)15-16-13-6-4-5-7-14(13)19(15)3/h4-7,12,17H,8-11H2,1-3H3. The van der Waals surface area contributed by atoms with Crippen LogP contribution in [0.5, 0.6) is 0 Å². The third-order valence-corrected chi connectivity index (χ3v) is 4.09. The molecule has 5 heteroatoms. The van der Waals surface area contributed by atoms with Crippen LogP contribution < -0.4 is 5.43 Å². The average molecular weight is 273 g/mol. The van der Waals surface area contributed by atoms with Gasteiger partial charge in [0, 0.05) is 33.2 Å². The zero-order valence-electron chi connectivity index (χ0n) is 12.5. The number of rotatable bonds is 3. The summed E-state index contributed by atoms with van der Waals surface area (Å²) in [5, 5.41) is 2.31. The second-order valence-electron chi connectivity index (χ2n) is 5.66. The first-order chi connectivity index (χ1) is 9.65. The van der Waals surface area contributed by atoms with Gasteiger partial charge < -0.3 is 9.47 Å². The molecule has 1 saturated heterocycles. The fourth-order valence-electron chi connectivity index (χ4n) is 2.82. The summed E-state index contributed by atoms with van der Waals surface area (Å²) in [6.45, 7) is 6.53. The van der Waals surface area contributed by atoms with Crippen molar-refractivity contribution in [2.45, 2.75) is 13.0 Å². The summed E-state index contributed by atoms with van der Waals surface area (Å²) in [5.74, 6) is 1.09. The summed E-state index contributed by atoms with van der Waals surface area (Å²) >= 11 is 0. The number of imidazole rings is 1. The topological polar surface area (TPSA) is 36.3 Å². The zero-order chi connectivity index (χ0) is 14.1. The third-order valence-electron chi connectivity index (χ3n) is 4.09. The van der Waals surface area contributed by atoms with Gasteiger partial charge >= 0.3 is 0 Å². The van der Waals surface area contributed by atoms with E-state index in [-0.39, 0.29) is 6.04 Å². The number of aromatic nitrogens is 2. The number of fused-ring (bicyclic) bond motifs is 1. The maximum Gasteiger partial charge on any atom is 0.127 e. The molecule has 0 saturated carbocycles. The molecule has 1 unspecified atom stereocenters. The van der Waals surface area contributed by atoms with Crippen LogP contribution in [0.2, 0.25) is 0 Å². The van der Waals surface area contributed by atoms with Crippen LogP contribution in [-0.2, 0) is 7.05 Å². The van der Waals surface area contributed by atoms with Crippen molar-refractivity contribution in [3.8, 4) is 0 Å². The van der Waals surface area contributed by atoms with Crippen LogP contribution >= 0.6 is 0 Å². The smallest absolute Gasteiger partial charge is 0.127 e. The Balaban J connectivity index is 1.75. The summed E-state index contributed by atoms with van der Waals surface area (Å²) in [4.78, 5) is 7.12. The van der Waals surface area contributed by atoms with E-state index in [9.17, 15) is 0 Å². The fourth-order valence-corrected chi connectivity index (χ4v) is 2.82. The predicted molar refractivity (Wildman–Crippen MR) is 81.3 cm³/mol. The molecule has 1 fully saturated rings. The first-order valence-electron chi connectivity index (χ1n) is 7.26. The van der Waals surface area contributed by atoms with Crippen LogP contribution in [0.15, 0.2) is 24.3 Å². The van der Waals surface area contributed by atoms with Crippen LogP contribution in [-0.4, -0.2) is 52.7 Å². The Kier molecular flexibility index (Phi) is 3.74. The molecule has 5 nitrogen and oxygen atoms in total. The summed E-state index contributed by atoms with van der Waals surface area (Å²) < 4.78 is 2.18. The lowest BCUT2D eigenvalue weighted by Crippen LogP contribution is -2.51. The van der Waals surface area contributed by atoms with Crippen molar-refractivity contribution < 1.29 is 0 Å². The lowest BCUT2D eigenvalue weighted by molar-refractivity contribution is 0.0879. The van der Waals surface area contributed by atoms with E-state index in [0.29, 0.717) is 0 Å². The largest absolute Gasteiger partial charge is 0.330 e. The van der Waals surface area contributed by atoms with Crippen LogP contribution in [0, 0.1) is 0 Å². The number of aryl methyl sites for hydroxylation is 1. The second-order valence-corrected chi connectivity index (χ2v) is 5.66. The van der Waals surface area contributed by atoms with Gasteiger partial charge in [0.25, 0.3) is 0 Å². The van der Waals surface area contributed by atoms with Crippen molar-refractivity contribution >= 4 is 11.0 Å². The van der Waals surface area contributed by atoms with Crippen molar-refractivity contribution in [3.05, 3.63) is 30.1 Å². The molecular formula is C15H23N5. The molecule has 1 aromatic carbocycles. The number of nitrogens with zero attached hydrogens (tertiary/aromatic N) is 4. The number of para-hydroxylation sites is 2. The lowest BCUT2D eigenvalue weighted by Gasteiger charge is -2.34. The van der Waals surface area contributed by atoms with Crippen LogP contribution in [0.4, 0.5) is 0 Å². The molecule has 1 aromatic heterocycles. The van der Waals surface area contributed by atoms with Gasteiger partial charge in [0.05, 0.1) is 17.1 Å². The molecule has 1 aliphatic heterocycles. The number of hydrogen-bond acceptors (Lipinski definition) is 4. The maximum absolute atomic E-state index is 4.76. The Morgan fingerprint density at radius 2 is 1.80 bits per heavy atom. The number of hydrazine groups is 1. The number of hydrogen-bond donors (Lipinski definition) is 1. The number of piperazine rings is 1. The van der Waals surface area contributed by atoms with E-state index in [1.54, 1.807) is 0 Å². The summed E-state index contributed by atoms with van der Waals surface area (Å²) in [5.41, 5.74) is 5.84. The van der Waals surface area contributed by atoms with Gasteiger partial charge in [0.1, 0.15) is 5.82 Å². The molecule has 20 heavy (non-hydrogen) atoms. The Morgan fingerprint density at radius 3 is 2.50 bits per heavy atom. The molecular weight excluding hydrogens is 250 g/mol. The van der Waals surface area contributed by atoms with Gasteiger partial charge in [-0.3, -0.25) is 0 Å². The molecule has 1 aliphatic rings. The van der Waals surface area contributed by atoms with Gasteiger partial charge in [0.2, 0.25) is 0 Å². The van der Waals surface area contributed by atoms with Gasteiger partial charge in [-0.15, -0.1) is 0 Å². The fraction of sp³-hybridized carbons (Fsp3) is 0.533. The van der Waals surface area contributed by atoms with Gasteiger partial charge in [0.15, 0.2) is 0 Å². The molecule has 2 heterocycles. The van der Waals surface area contributed by atoms with Crippen LogP contribution in [0.25, 0.3) is 11.0 Å². The highest BCUT2D eigenvalue weighted by Crippen LogP contribution is 2.19.